The van der Waals surface area contributed by atoms with E-state index in [9.17, 15) is 0 Å². The first-order valence-electron chi connectivity index (χ1n) is 6.52. The van der Waals surface area contributed by atoms with E-state index in [-0.39, 0.29) is 0 Å². The number of nitrogens with one attached hydrogen (secondary N) is 1. The van der Waals surface area contributed by atoms with E-state index < -0.39 is 0 Å². The summed E-state index contributed by atoms with van der Waals surface area (Å²) in [6, 6.07) is 5.04. The summed E-state index contributed by atoms with van der Waals surface area (Å²) >= 11 is 1.88. The molecule has 2 atom stereocenters. The lowest BCUT2D eigenvalue weighted by molar-refractivity contribution is 0.178. The number of likely N-dealkylation sites (tertiary alicyclic amines) is 1. The first-order chi connectivity index (χ1) is 8.33. The molecule has 96 valence electrons. The van der Waals surface area contributed by atoms with Crippen LogP contribution in [0.25, 0.3) is 0 Å². The van der Waals surface area contributed by atoms with Crippen molar-refractivity contribution in [3.8, 4) is 0 Å². The molecule has 0 saturated carbocycles. The normalized spacial score (nSPS) is 26.2. The van der Waals surface area contributed by atoms with Gasteiger partial charge in [-0.05, 0) is 24.4 Å². The molecule has 4 heteroatoms. The molecule has 0 spiro atoms. The maximum atomic E-state index is 5.68. The van der Waals surface area contributed by atoms with Gasteiger partial charge in [0.25, 0.3) is 0 Å². The highest BCUT2D eigenvalue weighted by atomic mass is 32.1. The zero-order valence-electron chi connectivity index (χ0n) is 10.6. The third kappa shape index (κ3) is 3.52. The molecule has 1 aromatic rings. The number of rotatable bonds is 5. The summed E-state index contributed by atoms with van der Waals surface area (Å²) in [5, 5.41) is 5.77. The summed E-state index contributed by atoms with van der Waals surface area (Å²) in [5.41, 5.74) is 5.68. The highest BCUT2D eigenvalue weighted by Crippen LogP contribution is 2.29. The summed E-state index contributed by atoms with van der Waals surface area (Å²) in [5.74, 6) is 0.680. The zero-order chi connectivity index (χ0) is 12.1. The lowest BCUT2D eigenvalue weighted by atomic mass is 9.93. The minimum absolute atomic E-state index is 0.618. The van der Waals surface area contributed by atoms with Crippen LogP contribution in [0.4, 0.5) is 0 Å². The van der Waals surface area contributed by atoms with Crippen LogP contribution >= 0.6 is 11.3 Å². The number of nitrogens with two attached hydrogens (primary N) is 1. The molecule has 3 N–H and O–H groups in total. The standard InChI is InChI=1S/C13H23N3S/c1-2-15-12-8-11(13-4-3-7-17-13)9-16(10-12)6-5-14/h3-4,7,11-12,15H,2,5-6,8-10,14H2,1H3. The first-order valence-corrected chi connectivity index (χ1v) is 7.40. The van der Waals surface area contributed by atoms with Crippen molar-refractivity contribution in [1.82, 2.24) is 10.2 Å². The van der Waals surface area contributed by atoms with Crippen molar-refractivity contribution in [1.29, 1.82) is 0 Å². The topological polar surface area (TPSA) is 41.3 Å². The fourth-order valence-corrected chi connectivity index (χ4v) is 3.56. The molecular formula is C13H23N3S. The molecule has 0 aromatic carbocycles. The second-order valence-electron chi connectivity index (χ2n) is 4.75. The van der Waals surface area contributed by atoms with E-state index in [1.807, 2.05) is 11.3 Å². The average molecular weight is 253 g/mol. The summed E-state index contributed by atoms with van der Waals surface area (Å²) in [6.45, 7) is 7.33. The van der Waals surface area contributed by atoms with Crippen LogP contribution in [0.5, 0.6) is 0 Å². The molecule has 2 rings (SSSR count). The van der Waals surface area contributed by atoms with Gasteiger partial charge in [0, 0.05) is 43.0 Å². The van der Waals surface area contributed by atoms with Crippen molar-refractivity contribution < 1.29 is 0 Å². The van der Waals surface area contributed by atoms with Gasteiger partial charge in [-0.2, -0.15) is 0 Å². The molecule has 1 saturated heterocycles. The number of thiophene rings is 1. The zero-order valence-corrected chi connectivity index (χ0v) is 11.4. The van der Waals surface area contributed by atoms with E-state index in [0.717, 1.165) is 26.2 Å². The Labute approximate surface area is 108 Å². The summed E-state index contributed by atoms with van der Waals surface area (Å²) < 4.78 is 0. The highest BCUT2D eigenvalue weighted by Gasteiger charge is 2.27. The molecule has 0 radical (unpaired) electrons. The molecule has 0 aliphatic carbocycles. The SMILES string of the molecule is CCNC1CC(c2cccs2)CN(CCN)C1. The van der Waals surface area contributed by atoms with Gasteiger partial charge < -0.3 is 11.1 Å². The molecule has 2 unspecified atom stereocenters. The number of hydrogen-bond acceptors (Lipinski definition) is 4. The minimum atomic E-state index is 0.618. The van der Waals surface area contributed by atoms with E-state index in [2.05, 4.69) is 34.7 Å². The van der Waals surface area contributed by atoms with Crippen molar-refractivity contribution in [2.24, 2.45) is 5.73 Å². The van der Waals surface area contributed by atoms with Crippen molar-refractivity contribution >= 4 is 11.3 Å². The molecule has 3 nitrogen and oxygen atoms in total. The summed E-state index contributed by atoms with van der Waals surface area (Å²) in [7, 11) is 0. The van der Waals surface area contributed by atoms with Crippen LogP contribution in [0.1, 0.15) is 24.1 Å². The van der Waals surface area contributed by atoms with Gasteiger partial charge >= 0.3 is 0 Å². The van der Waals surface area contributed by atoms with Gasteiger partial charge in [-0.3, -0.25) is 4.90 Å². The van der Waals surface area contributed by atoms with Gasteiger partial charge in [0.2, 0.25) is 0 Å². The lowest BCUT2D eigenvalue weighted by Gasteiger charge is -2.37. The van der Waals surface area contributed by atoms with Crippen LogP contribution in [0.15, 0.2) is 17.5 Å². The maximum Gasteiger partial charge on any atom is 0.0201 e. The van der Waals surface area contributed by atoms with Crippen LogP contribution in [0, 0.1) is 0 Å². The summed E-state index contributed by atoms with van der Waals surface area (Å²) in [4.78, 5) is 4.02. The van der Waals surface area contributed by atoms with Gasteiger partial charge in [-0.15, -0.1) is 11.3 Å². The molecule has 2 heterocycles. The maximum absolute atomic E-state index is 5.68. The fraction of sp³-hybridized carbons (Fsp3) is 0.692. The predicted molar refractivity (Wildman–Crippen MR) is 74.6 cm³/mol. The number of hydrogen-bond donors (Lipinski definition) is 2. The van der Waals surface area contributed by atoms with E-state index in [1.165, 1.54) is 17.8 Å². The molecule has 0 bridgehead atoms. The van der Waals surface area contributed by atoms with Crippen LogP contribution in [0.2, 0.25) is 0 Å². The second-order valence-corrected chi connectivity index (χ2v) is 5.73. The second kappa shape index (κ2) is 6.50. The average Bonchev–Trinajstić information content (AvgIpc) is 2.83. The Bertz CT molecular complexity index is 298. The van der Waals surface area contributed by atoms with E-state index >= 15 is 0 Å². The Morgan fingerprint density at radius 2 is 2.41 bits per heavy atom. The largest absolute Gasteiger partial charge is 0.329 e. The van der Waals surface area contributed by atoms with Crippen LogP contribution in [0.3, 0.4) is 0 Å². The van der Waals surface area contributed by atoms with Crippen molar-refractivity contribution in [2.75, 3.05) is 32.7 Å². The van der Waals surface area contributed by atoms with Crippen LogP contribution in [-0.4, -0.2) is 43.7 Å². The first kappa shape index (κ1) is 13.0. The Morgan fingerprint density at radius 3 is 3.06 bits per heavy atom. The molecule has 1 aliphatic heterocycles. The Balaban J connectivity index is 2.00. The van der Waals surface area contributed by atoms with Gasteiger partial charge in [-0.25, -0.2) is 0 Å². The molecular weight excluding hydrogens is 230 g/mol. The summed E-state index contributed by atoms with van der Waals surface area (Å²) in [6.07, 6.45) is 1.26. The number of piperidine rings is 1. The van der Waals surface area contributed by atoms with Crippen molar-refractivity contribution in [3.05, 3.63) is 22.4 Å². The van der Waals surface area contributed by atoms with Crippen LogP contribution in [-0.2, 0) is 0 Å². The number of likely N-dealkylation sites (N-methyl/N-ethyl adjacent to an activating group) is 1. The molecule has 1 aliphatic rings. The predicted octanol–water partition coefficient (Wildman–Crippen LogP) is 1.47. The Kier molecular flexibility index (Phi) is 4.98. The lowest BCUT2D eigenvalue weighted by Crippen LogP contribution is -2.49. The Hall–Kier alpha value is -0.420. The van der Waals surface area contributed by atoms with Crippen molar-refractivity contribution in [2.45, 2.75) is 25.3 Å². The minimum Gasteiger partial charge on any atom is -0.329 e. The van der Waals surface area contributed by atoms with Gasteiger partial charge in [-0.1, -0.05) is 13.0 Å². The number of nitrogens with zero attached hydrogens (tertiary/aromatic N) is 1. The quantitative estimate of drug-likeness (QED) is 0.835. The molecule has 0 amide bonds. The molecule has 1 aromatic heterocycles. The highest BCUT2D eigenvalue weighted by molar-refractivity contribution is 7.10. The third-order valence-electron chi connectivity index (χ3n) is 3.41. The van der Waals surface area contributed by atoms with E-state index in [4.69, 9.17) is 5.73 Å². The van der Waals surface area contributed by atoms with Crippen LogP contribution < -0.4 is 11.1 Å². The van der Waals surface area contributed by atoms with E-state index in [1.54, 1.807) is 0 Å². The van der Waals surface area contributed by atoms with Gasteiger partial charge in [0.1, 0.15) is 0 Å². The monoisotopic (exact) mass is 253 g/mol. The molecule has 1 fully saturated rings. The van der Waals surface area contributed by atoms with Crippen molar-refractivity contribution in [3.63, 3.8) is 0 Å². The molecule has 17 heavy (non-hydrogen) atoms. The van der Waals surface area contributed by atoms with Gasteiger partial charge in [0.15, 0.2) is 0 Å². The van der Waals surface area contributed by atoms with E-state index in [0.29, 0.717) is 12.0 Å². The Morgan fingerprint density at radius 1 is 1.53 bits per heavy atom. The van der Waals surface area contributed by atoms with Gasteiger partial charge in [0.05, 0.1) is 0 Å². The third-order valence-corrected chi connectivity index (χ3v) is 4.44. The smallest absolute Gasteiger partial charge is 0.0201 e. The fourth-order valence-electron chi connectivity index (χ4n) is 2.72.